The molecule has 24 heavy (non-hydrogen) atoms. The largest absolute Gasteiger partial charge is 0.373 e. The molecule has 0 aliphatic carbocycles. The molecule has 0 aromatic carbocycles. The number of morpholine rings is 1. The highest BCUT2D eigenvalue weighted by Gasteiger charge is 2.31. The van der Waals surface area contributed by atoms with E-state index < -0.39 is 0 Å². The van der Waals surface area contributed by atoms with Gasteiger partial charge in [0.2, 0.25) is 5.91 Å². The van der Waals surface area contributed by atoms with E-state index >= 15 is 0 Å². The Labute approximate surface area is 147 Å². The van der Waals surface area contributed by atoms with E-state index in [4.69, 9.17) is 4.74 Å². The SMILES string of the molecule is C[C@@H]1CN(CC2CCN([C@@H](C)C(=O)N3CCCC3)CC2)C[C@H](C)O1. The summed E-state index contributed by atoms with van der Waals surface area (Å²) in [5, 5.41) is 0. The molecular weight excluding hydrogens is 302 g/mol. The second kappa shape index (κ2) is 8.15. The van der Waals surface area contributed by atoms with Crippen LogP contribution in [0.25, 0.3) is 0 Å². The summed E-state index contributed by atoms with van der Waals surface area (Å²) in [5.41, 5.74) is 0. The Morgan fingerprint density at radius 2 is 1.62 bits per heavy atom. The molecule has 0 spiro atoms. The molecule has 0 bridgehead atoms. The Kier molecular flexibility index (Phi) is 6.17. The number of likely N-dealkylation sites (tertiary alicyclic amines) is 2. The van der Waals surface area contributed by atoms with Crippen LogP contribution in [0.4, 0.5) is 0 Å². The standard InChI is InChI=1S/C19H35N3O2/c1-15-12-20(13-16(2)24-15)14-18-6-10-21(11-7-18)17(3)19(23)22-8-4-5-9-22/h15-18H,4-14H2,1-3H3/t15-,16+,17-/m0/s1. The molecule has 5 nitrogen and oxygen atoms in total. The maximum absolute atomic E-state index is 12.6. The number of amides is 1. The molecule has 3 saturated heterocycles. The lowest BCUT2D eigenvalue weighted by Crippen LogP contribution is -2.51. The van der Waals surface area contributed by atoms with Crippen molar-refractivity contribution < 1.29 is 9.53 Å². The summed E-state index contributed by atoms with van der Waals surface area (Å²) in [6.07, 6.45) is 5.50. The maximum atomic E-state index is 12.6. The second-order valence-electron chi connectivity index (χ2n) is 8.16. The lowest BCUT2D eigenvalue weighted by Gasteiger charge is -2.40. The van der Waals surface area contributed by atoms with Crippen molar-refractivity contribution in [3.05, 3.63) is 0 Å². The third-order valence-corrected chi connectivity index (χ3v) is 5.98. The summed E-state index contributed by atoms with van der Waals surface area (Å²) in [7, 11) is 0. The molecule has 0 aromatic rings. The fraction of sp³-hybridized carbons (Fsp3) is 0.947. The molecule has 3 atom stereocenters. The molecule has 0 saturated carbocycles. The molecule has 3 rings (SSSR count). The molecule has 0 N–H and O–H groups in total. The summed E-state index contributed by atoms with van der Waals surface area (Å²) in [6.45, 7) is 13.9. The molecule has 138 valence electrons. The van der Waals surface area contributed by atoms with Gasteiger partial charge in [-0.05, 0) is 65.5 Å². The van der Waals surface area contributed by atoms with Gasteiger partial charge in [-0.25, -0.2) is 0 Å². The first-order valence-corrected chi connectivity index (χ1v) is 9.93. The van der Waals surface area contributed by atoms with Crippen LogP contribution in [0.5, 0.6) is 0 Å². The van der Waals surface area contributed by atoms with Crippen LogP contribution in [0.15, 0.2) is 0 Å². The number of hydrogen-bond acceptors (Lipinski definition) is 4. The third-order valence-electron chi connectivity index (χ3n) is 5.98. The lowest BCUT2D eigenvalue weighted by atomic mass is 9.94. The Bertz CT molecular complexity index is 407. The van der Waals surface area contributed by atoms with E-state index in [1.54, 1.807) is 0 Å². The summed E-state index contributed by atoms with van der Waals surface area (Å²) < 4.78 is 5.84. The van der Waals surface area contributed by atoms with Crippen LogP contribution in [0.3, 0.4) is 0 Å². The molecule has 5 heteroatoms. The molecule has 0 aromatic heterocycles. The molecule has 0 radical (unpaired) electrons. The Hall–Kier alpha value is -0.650. The van der Waals surface area contributed by atoms with E-state index in [1.165, 1.54) is 32.2 Å². The van der Waals surface area contributed by atoms with E-state index in [1.807, 2.05) is 0 Å². The number of rotatable bonds is 4. The average Bonchev–Trinajstić information content (AvgIpc) is 3.07. The van der Waals surface area contributed by atoms with Gasteiger partial charge >= 0.3 is 0 Å². The van der Waals surface area contributed by atoms with Gasteiger partial charge in [0.05, 0.1) is 18.2 Å². The number of carbonyl (C=O) groups is 1. The molecule has 3 aliphatic rings. The fourth-order valence-electron chi connectivity index (χ4n) is 4.68. The number of ether oxygens (including phenoxy) is 1. The van der Waals surface area contributed by atoms with Crippen molar-refractivity contribution in [2.75, 3.05) is 45.8 Å². The van der Waals surface area contributed by atoms with Gasteiger partial charge in [-0.15, -0.1) is 0 Å². The van der Waals surface area contributed by atoms with Crippen LogP contribution < -0.4 is 0 Å². The van der Waals surface area contributed by atoms with E-state index in [2.05, 4.69) is 35.5 Å². The highest BCUT2D eigenvalue weighted by atomic mass is 16.5. The van der Waals surface area contributed by atoms with Crippen LogP contribution in [0.2, 0.25) is 0 Å². The predicted molar refractivity (Wildman–Crippen MR) is 96.0 cm³/mol. The van der Waals surface area contributed by atoms with Gasteiger partial charge in [0.25, 0.3) is 0 Å². The van der Waals surface area contributed by atoms with Crippen molar-refractivity contribution in [2.45, 2.75) is 64.7 Å². The minimum atomic E-state index is 0.0625. The van der Waals surface area contributed by atoms with E-state index in [0.29, 0.717) is 18.1 Å². The first kappa shape index (κ1) is 18.2. The molecule has 3 aliphatic heterocycles. The van der Waals surface area contributed by atoms with E-state index in [9.17, 15) is 4.79 Å². The highest BCUT2D eigenvalue weighted by molar-refractivity contribution is 5.81. The quantitative estimate of drug-likeness (QED) is 0.784. The van der Waals surface area contributed by atoms with Crippen LogP contribution in [-0.2, 0) is 9.53 Å². The first-order chi connectivity index (χ1) is 11.5. The molecular formula is C19H35N3O2. The summed E-state index contributed by atoms with van der Waals surface area (Å²) >= 11 is 0. The molecule has 3 heterocycles. The molecule has 1 amide bonds. The average molecular weight is 338 g/mol. The number of carbonyl (C=O) groups excluding carboxylic acids is 1. The van der Waals surface area contributed by atoms with Gasteiger partial charge in [0.15, 0.2) is 0 Å². The van der Waals surface area contributed by atoms with Gasteiger partial charge in [0, 0.05) is 32.7 Å². The van der Waals surface area contributed by atoms with Gasteiger partial charge in [-0.1, -0.05) is 0 Å². The minimum Gasteiger partial charge on any atom is -0.373 e. The van der Waals surface area contributed by atoms with Crippen LogP contribution >= 0.6 is 0 Å². The predicted octanol–water partition coefficient (Wildman–Crippen LogP) is 1.82. The molecule has 0 unspecified atom stereocenters. The van der Waals surface area contributed by atoms with Crippen LogP contribution in [0.1, 0.15) is 46.5 Å². The highest BCUT2D eigenvalue weighted by Crippen LogP contribution is 2.23. The number of nitrogens with zero attached hydrogens (tertiary/aromatic N) is 3. The van der Waals surface area contributed by atoms with Gasteiger partial charge in [-0.3, -0.25) is 14.6 Å². The van der Waals surface area contributed by atoms with E-state index in [-0.39, 0.29) is 6.04 Å². The van der Waals surface area contributed by atoms with Crippen LogP contribution in [-0.4, -0.2) is 84.7 Å². The maximum Gasteiger partial charge on any atom is 0.239 e. The first-order valence-electron chi connectivity index (χ1n) is 9.93. The van der Waals surface area contributed by atoms with Gasteiger partial charge in [0.1, 0.15) is 0 Å². The van der Waals surface area contributed by atoms with Gasteiger partial charge in [-0.2, -0.15) is 0 Å². The zero-order chi connectivity index (χ0) is 17.1. The van der Waals surface area contributed by atoms with Crippen molar-refractivity contribution >= 4 is 5.91 Å². The Balaban J connectivity index is 1.42. The topological polar surface area (TPSA) is 36.0 Å². The smallest absolute Gasteiger partial charge is 0.239 e. The third kappa shape index (κ3) is 4.50. The zero-order valence-corrected chi connectivity index (χ0v) is 15.7. The monoisotopic (exact) mass is 337 g/mol. The summed E-state index contributed by atoms with van der Waals surface area (Å²) in [5.74, 6) is 1.12. The number of piperidine rings is 1. The minimum absolute atomic E-state index is 0.0625. The Morgan fingerprint density at radius 3 is 2.21 bits per heavy atom. The summed E-state index contributed by atoms with van der Waals surface area (Å²) in [4.78, 5) is 19.6. The van der Waals surface area contributed by atoms with Crippen molar-refractivity contribution in [3.8, 4) is 0 Å². The molecule has 3 fully saturated rings. The fourth-order valence-corrected chi connectivity index (χ4v) is 4.68. The number of hydrogen-bond donors (Lipinski definition) is 0. The Morgan fingerprint density at radius 1 is 1.04 bits per heavy atom. The van der Waals surface area contributed by atoms with Crippen molar-refractivity contribution in [1.82, 2.24) is 14.7 Å². The van der Waals surface area contributed by atoms with Crippen molar-refractivity contribution in [2.24, 2.45) is 5.92 Å². The lowest BCUT2D eigenvalue weighted by molar-refractivity contribution is -0.136. The van der Waals surface area contributed by atoms with Crippen molar-refractivity contribution in [1.29, 1.82) is 0 Å². The van der Waals surface area contributed by atoms with Gasteiger partial charge < -0.3 is 9.64 Å². The van der Waals surface area contributed by atoms with E-state index in [0.717, 1.165) is 45.2 Å². The van der Waals surface area contributed by atoms with Crippen LogP contribution in [0, 0.1) is 5.92 Å². The zero-order valence-electron chi connectivity index (χ0n) is 15.7. The summed E-state index contributed by atoms with van der Waals surface area (Å²) in [6, 6.07) is 0.0625. The van der Waals surface area contributed by atoms with Crippen molar-refractivity contribution in [3.63, 3.8) is 0 Å². The second-order valence-corrected chi connectivity index (χ2v) is 8.16. The normalized spacial score (nSPS) is 32.2.